The zero-order valence-corrected chi connectivity index (χ0v) is 10.2. The summed E-state index contributed by atoms with van der Waals surface area (Å²) >= 11 is 3.40. The van der Waals surface area contributed by atoms with Crippen LogP contribution in [-0.2, 0) is 6.54 Å². The van der Waals surface area contributed by atoms with Crippen LogP contribution in [0.1, 0.15) is 5.56 Å². The van der Waals surface area contributed by atoms with Crippen LogP contribution in [-0.4, -0.2) is 0 Å². The second-order valence-corrected chi connectivity index (χ2v) is 4.38. The van der Waals surface area contributed by atoms with E-state index in [4.69, 9.17) is 0 Å². The Hall–Kier alpha value is -1.35. The Morgan fingerprint density at radius 1 is 1.06 bits per heavy atom. The van der Waals surface area contributed by atoms with E-state index in [0.29, 0.717) is 12.2 Å². The molecule has 0 saturated heterocycles. The Bertz CT molecular complexity index is 485. The third-order valence-electron chi connectivity index (χ3n) is 2.25. The van der Waals surface area contributed by atoms with Crippen LogP contribution in [0, 0.1) is 5.82 Å². The minimum Gasteiger partial charge on any atom is -0.379 e. The van der Waals surface area contributed by atoms with Crippen molar-refractivity contribution in [2.24, 2.45) is 0 Å². The predicted molar refractivity (Wildman–Crippen MR) is 67.9 cm³/mol. The first-order chi connectivity index (χ1) is 7.75. The topological polar surface area (TPSA) is 12.0 Å². The first-order valence-corrected chi connectivity index (χ1v) is 5.78. The van der Waals surface area contributed by atoms with Gasteiger partial charge in [0.2, 0.25) is 0 Å². The lowest BCUT2D eigenvalue weighted by Crippen LogP contribution is -2.00. The Balaban J connectivity index is 2.05. The van der Waals surface area contributed by atoms with E-state index in [9.17, 15) is 4.39 Å². The smallest absolute Gasteiger partial charge is 0.146 e. The average Bonchev–Trinajstić information content (AvgIpc) is 2.28. The van der Waals surface area contributed by atoms with Gasteiger partial charge in [-0.2, -0.15) is 0 Å². The van der Waals surface area contributed by atoms with Crippen LogP contribution >= 0.6 is 15.9 Å². The van der Waals surface area contributed by atoms with Crippen LogP contribution in [0.25, 0.3) is 0 Å². The van der Waals surface area contributed by atoms with Crippen molar-refractivity contribution in [3.8, 4) is 0 Å². The van der Waals surface area contributed by atoms with E-state index in [-0.39, 0.29) is 5.82 Å². The molecule has 1 N–H and O–H groups in total. The minimum absolute atomic E-state index is 0.225. The van der Waals surface area contributed by atoms with Gasteiger partial charge in [0.05, 0.1) is 5.69 Å². The molecule has 0 spiro atoms. The van der Waals surface area contributed by atoms with E-state index >= 15 is 0 Å². The number of hydrogen-bond donors (Lipinski definition) is 1. The van der Waals surface area contributed by atoms with Crippen LogP contribution in [0.2, 0.25) is 0 Å². The van der Waals surface area contributed by atoms with Crippen molar-refractivity contribution in [2.45, 2.75) is 6.54 Å². The maximum absolute atomic E-state index is 13.3. The summed E-state index contributed by atoms with van der Waals surface area (Å²) in [4.78, 5) is 0. The zero-order valence-electron chi connectivity index (χ0n) is 8.58. The summed E-state index contributed by atoms with van der Waals surface area (Å²) in [7, 11) is 0. The molecule has 0 aliphatic rings. The number of hydrogen-bond acceptors (Lipinski definition) is 1. The third-order valence-corrected chi connectivity index (χ3v) is 2.74. The van der Waals surface area contributed by atoms with Gasteiger partial charge in [0.25, 0.3) is 0 Å². The van der Waals surface area contributed by atoms with Gasteiger partial charge in [0, 0.05) is 11.0 Å². The van der Waals surface area contributed by atoms with Crippen LogP contribution in [0.15, 0.2) is 53.0 Å². The molecule has 0 aromatic heterocycles. The number of para-hydroxylation sites is 1. The first-order valence-electron chi connectivity index (χ1n) is 4.98. The van der Waals surface area contributed by atoms with Gasteiger partial charge in [-0.3, -0.25) is 0 Å². The molecule has 0 radical (unpaired) electrons. The van der Waals surface area contributed by atoms with Crippen LogP contribution in [0.4, 0.5) is 10.1 Å². The summed E-state index contributed by atoms with van der Waals surface area (Å²) in [6.07, 6.45) is 0. The number of benzene rings is 2. The lowest BCUT2D eigenvalue weighted by molar-refractivity contribution is 0.630. The van der Waals surface area contributed by atoms with Crippen molar-refractivity contribution >= 4 is 21.6 Å². The minimum atomic E-state index is -0.225. The van der Waals surface area contributed by atoms with E-state index in [1.807, 2.05) is 30.3 Å². The summed E-state index contributed by atoms with van der Waals surface area (Å²) in [6.45, 7) is 0.611. The van der Waals surface area contributed by atoms with Crippen molar-refractivity contribution in [1.82, 2.24) is 0 Å². The zero-order chi connectivity index (χ0) is 11.4. The summed E-state index contributed by atoms with van der Waals surface area (Å²) in [5.41, 5.74) is 1.64. The highest BCUT2D eigenvalue weighted by Gasteiger charge is 1.99. The van der Waals surface area contributed by atoms with E-state index in [0.717, 1.165) is 10.0 Å². The highest BCUT2D eigenvalue weighted by Crippen LogP contribution is 2.16. The van der Waals surface area contributed by atoms with E-state index < -0.39 is 0 Å². The van der Waals surface area contributed by atoms with Gasteiger partial charge in [-0.1, -0.05) is 40.2 Å². The summed E-state index contributed by atoms with van der Waals surface area (Å²) in [6, 6.07) is 14.6. The fourth-order valence-corrected chi connectivity index (χ4v) is 1.90. The molecule has 1 nitrogen and oxygen atoms in total. The molecule has 2 rings (SSSR count). The number of anilines is 1. The number of nitrogens with one attached hydrogen (secondary N) is 1. The molecular formula is C13H11BrFN. The second kappa shape index (κ2) is 5.12. The average molecular weight is 280 g/mol. The summed E-state index contributed by atoms with van der Waals surface area (Å²) < 4.78 is 14.3. The van der Waals surface area contributed by atoms with E-state index in [1.165, 1.54) is 6.07 Å². The molecule has 0 atom stereocenters. The molecule has 16 heavy (non-hydrogen) atoms. The maximum Gasteiger partial charge on any atom is 0.146 e. The van der Waals surface area contributed by atoms with Gasteiger partial charge in [0.1, 0.15) is 5.82 Å². The van der Waals surface area contributed by atoms with Gasteiger partial charge < -0.3 is 5.32 Å². The Morgan fingerprint density at radius 2 is 1.88 bits per heavy atom. The van der Waals surface area contributed by atoms with Crippen LogP contribution in [0.5, 0.6) is 0 Å². The number of halogens is 2. The molecule has 0 heterocycles. The summed E-state index contributed by atoms with van der Waals surface area (Å²) in [5.74, 6) is -0.225. The molecule has 0 bridgehead atoms. The SMILES string of the molecule is Fc1ccccc1NCc1cccc(Br)c1. The van der Waals surface area contributed by atoms with E-state index in [1.54, 1.807) is 12.1 Å². The fraction of sp³-hybridized carbons (Fsp3) is 0.0769. The van der Waals surface area contributed by atoms with Crippen molar-refractivity contribution in [3.05, 3.63) is 64.4 Å². The van der Waals surface area contributed by atoms with Gasteiger partial charge in [0.15, 0.2) is 0 Å². The first kappa shape index (κ1) is 11.1. The lowest BCUT2D eigenvalue weighted by atomic mass is 10.2. The van der Waals surface area contributed by atoms with Crippen molar-refractivity contribution < 1.29 is 4.39 Å². The van der Waals surface area contributed by atoms with Gasteiger partial charge >= 0.3 is 0 Å². The lowest BCUT2D eigenvalue weighted by Gasteiger charge is -2.07. The molecule has 0 amide bonds. The molecule has 2 aromatic rings. The predicted octanol–water partition coefficient (Wildman–Crippen LogP) is 4.20. The molecule has 0 saturated carbocycles. The van der Waals surface area contributed by atoms with Crippen molar-refractivity contribution in [3.63, 3.8) is 0 Å². The molecule has 0 unspecified atom stereocenters. The van der Waals surface area contributed by atoms with E-state index in [2.05, 4.69) is 21.2 Å². The Morgan fingerprint density at radius 3 is 2.62 bits per heavy atom. The van der Waals surface area contributed by atoms with Gasteiger partial charge in [-0.05, 0) is 29.8 Å². The normalized spacial score (nSPS) is 10.1. The van der Waals surface area contributed by atoms with Crippen LogP contribution < -0.4 is 5.32 Å². The quantitative estimate of drug-likeness (QED) is 0.888. The third kappa shape index (κ3) is 2.83. The monoisotopic (exact) mass is 279 g/mol. The van der Waals surface area contributed by atoms with Gasteiger partial charge in [-0.25, -0.2) is 4.39 Å². The standard InChI is InChI=1S/C13H11BrFN/c14-11-5-3-4-10(8-11)9-16-13-7-2-1-6-12(13)15/h1-8,16H,9H2. The molecule has 0 fully saturated rings. The van der Waals surface area contributed by atoms with Crippen molar-refractivity contribution in [1.29, 1.82) is 0 Å². The molecule has 3 heteroatoms. The second-order valence-electron chi connectivity index (χ2n) is 3.46. The fourth-order valence-electron chi connectivity index (χ4n) is 1.45. The van der Waals surface area contributed by atoms with Crippen molar-refractivity contribution in [2.75, 3.05) is 5.32 Å². The molecule has 0 aliphatic carbocycles. The van der Waals surface area contributed by atoms with Crippen LogP contribution in [0.3, 0.4) is 0 Å². The Labute approximate surface area is 102 Å². The molecule has 2 aromatic carbocycles. The largest absolute Gasteiger partial charge is 0.379 e. The van der Waals surface area contributed by atoms with Gasteiger partial charge in [-0.15, -0.1) is 0 Å². The summed E-state index contributed by atoms with van der Waals surface area (Å²) in [5, 5.41) is 3.06. The highest BCUT2D eigenvalue weighted by atomic mass is 79.9. The molecule has 0 aliphatic heterocycles. The molecular weight excluding hydrogens is 269 g/mol. The maximum atomic E-state index is 13.3. The highest BCUT2D eigenvalue weighted by molar-refractivity contribution is 9.10. The molecule has 82 valence electrons. The Kier molecular flexibility index (Phi) is 3.57. The number of rotatable bonds is 3.